The highest BCUT2D eigenvalue weighted by molar-refractivity contribution is 5.65. The minimum atomic E-state index is -2.67. The van der Waals surface area contributed by atoms with Crippen LogP contribution in [0.5, 0.6) is 0 Å². The molecule has 142 valence electrons. The summed E-state index contributed by atoms with van der Waals surface area (Å²) in [5.41, 5.74) is -0.0403. The molecule has 2 aromatic rings. The van der Waals surface area contributed by atoms with E-state index in [1.165, 1.54) is 24.4 Å². The zero-order valence-corrected chi connectivity index (χ0v) is 16.4. The van der Waals surface area contributed by atoms with Gasteiger partial charge in [0, 0.05) is 35.4 Å². The van der Waals surface area contributed by atoms with Gasteiger partial charge in [-0.05, 0) is 67.1 Å². The summed E-state index contributed by atoms with van der Waals surface area (Å²) in [6, 6.07) is 2.18. The smallest absolute Gasteiger partial charge is 0.201 e. The fourth-order valence-corrected chi connectivity index (χ4v) is 3.16. The molecule has 0 aliphatic heterocycles. The maximum absolute atomic E-state index is 8.76. The van der Waals surface area contributed by atoms with Crippen molar-refractivity contribution in [2.45, 2.75) is 60.1 Å². The highest BCUT2D eigenvalue weighted by Gasteiger charge is 2.21. The van der Waals surface area contributed by atoms with Gasteiger partial charge in [0.25, 0.3) is 0 Å². The van der Waals surface area contributed by atoms with Gasteiger partial charge in [0.05, 0.1) is 5.48 Å². The van der Waals surface area contributed by atoms with Gasteiger partial charge in [0.1, 0.15) is 7.05 Å². The summed E-state index contributed by atoms with van der Waals surface area (Å²) in [6.45, 7) is 1.36. The van der Waals surface area contributed by atoms with Crippen LogP contribution in [0.3, 0.4) is 0 Å². The van der Waals surface area contributed by atoms with Crippen LogP contribution in [0.1, 0.15) is 78.7 Å². The van der Waals surface area contributed by atoms with Crippen molar-refractivity contribution in [1.82, 2.24) is 0 Å². The molecule has 1 heterocycles. The third-order valence-corrected chi connectivity index (χ3v) is 4.40. The topological polar surface area (TPSA) is 3.88 Å². The van der Waals surface area contributed by atoms with Crippen LogP contribution in [0.4, 0.5) is 0 Å². The van der Waals surface area contributed by atoms with Gasteiger partial charge in [0.15, 0.2) is 6.20 Å². The van der Waals surface area contributed by atoms with Gasteiger partial charge in [-0.15, -0.1) is 0 Å². The summed E-state index contributed by atoms with van der Waals surface area (Å²) in [5, 5.41) is 0. The monoisotopic (exact) mass is 373 g/mol. The van der Waals surface area contributed by atoms with Crippen molar-refractivity contribution in [1.29, 1.82) is 0 Å². The van der Waals surface area contributed by atoms with Crippen LogP contribution < -0.4 is 4.57 Å². The van der Waals surface area contributed by atoms with Crippen molar-refractivity contribution in [3.05, 3.63) is 76.4 Å². The molecular weight excluding hydrogens is 326 g/mol. The van der Waals surface area contributed by atoms with E-state index in [4.69, 9.17) is 17.8 Å². The minimum absolute atomic E-state index is 0.00364. The third kappa shape index (κ3) is 4.40. The number of pyridine rings is 1. The Morgan fingerprint density at radius 3 is 2.67 bits per heavy atom. The zero-order chi connectivity index (χ0) is 30.9. The van der Waals surface area contributed by atoms with Crippen molar-refractivity contribution < 1.29 is 22.4 Å². The molecule has 0 N–H and O–H groups in total. The largest absolute Gasteiger partial charge is 0.212 e. The lowest BCUT2D eigenvalue weighted by Gasteiger charge is -2.20. The molecule has 0 spiro atoms. The van der Waals surface area contributed by atoms with E-state index in [0.717, 1.165) is 0 Å². The molecule has 0 saturated carbocycles. The Labute approximate surface area is 183 Å². The van der Waals surface area contributed by atoms with E-state index in [2.05, 4.69) is 0 Å². The Hall–Kier alpha value is -2.15. The summed E-state index contributed by atoms with van der Waals surface area (Å²) in [6.07, 6.45) is -2.07. The summed E-state index contributed by atoms with van der Waals surface area (Å²) in [5.74, 6) is -1.30. The molecule has 3 rings (SSSR count). The maximum Gasteiger partial charge on any atom is 0.212 e. The predicted octanol–water partition coefficient (Wildman–Crippen LogP) is 6.29. The molecule has 0 radical (unpaired) electrons. The van der Waals surface area contributed by atoms with Gasteiger partial charge in [-0.2, -0.15) is 0 Å². The quantitative estimate of drug-likeness (QED) is 0.556. The Kier molecular flexibility index (Phi) is 2.46. The van der Waals surface area contributed by atoms with Crippen LogP contribution in [0.2, 0.25) is 0 Å². The molecule has 0 bridgehead atoms. The zero-order valence-electron chi connectivity index (χ0n) is 29.4. The van der Waals surface area contributed by atoms with Gasteiger partial charge < -0.3 is 0 Å². The fourth-order valence-electron chi connectivity index (χ4n) is 3.16. The molecule has 0 amide bonds. The molecule has 2 unspecified atom stereocenters. The van der Waals surface area contributed by atoms with E-state index in [1.54, 1.807) is 39.3 Å². The van der Waals surface area contributed by atoms with E-state index in [0.29, 0.717) is 16.8 Å². The SMILES string of the molecule is [2H]C1=C([2H])C([2H])C(c2cc(-c3cc(C([2H])([2H])[2H])c(C([2H])([2H])C(C)(C)C)c[n+]3C)c(C)cc2C([2H])([2H])[2H])C([2H])=C1[2H]. The van der Waals surface area contributed by atoms with Crippen LogP contribution in [0, 0.1) is 26.0 Å². The van der Waals surface area contributed by atoms with Crippen LogP contribution in [0.25, 0.3) is 11.3 Å². The van der Waals surface area contributed by atoms with E-state index in [1.807, 2.05) is 0 Å². The van der Waals surface area contributed by atoms with Gasteiger partial charge in [-0.25, -0.2) is 4.57 Å². The number of hydrogen-bond donors (Lipinski definition) is 0. The highest BCUT2D eigenvalue weighted by Crippen LogP contribution is 2.33. The Morgan fingerprint density at radius 1 is 1.19 bits per heavy atom. The summed E-state index contributed by atoms with van der Waals surface area (Å²) in [7, 11) is 1.63. The second kappa shape index (κ2) is 7.46. The first-order valence-electron chi connectivity index (χ1n) is 15.5. The molecule has 2 atom stereocenters. The normalized spacial score (nSPS) is 29.4. The van der Waals surface area contributed by atoms with Crippen molar-refractivity contribution in [2.24, 2.45) is 12.5 Å². The van der Waals surface area contributed by atoms with Crippen molar-refractivity contribution in [3.8, 4) is 11.3 Å². The molecule has 0 saturated heterocycles. The molecule has 1 aromatic heterocycles. The van der Waals surface area contributed by atoms with Gasteiger partial charge >= 0.3 is 0 Å². The number of rotatable bonds is 3. The Balaban J connectivity index is 2.42. The van der Waals surface area contributed by atoms with Crippen LogP contribution in [-0.4, -0.2) is 0 Å². The van der Waals surface area contributed by atoms with Gasteiger partial charge in [-0.3, -0.25) is 0 Å². The first-order chi connectivity index (χ1) is 17.9. The lowest BCUT2D eigenvalue weighted by atomic mass is 9.85. The molecule has 1 aliphatic rings. The first kappa shape index (κ1) is 8.90. The Morgan fingerprint density at radius 2 is 1.96 bits per heavy atom. The molecule has 27 heavy (non-hydrogen) atoms. The maximum atomic E-state index is 8.76. The van der Waals surface area contributed by atoms with E-state index in [9.17, 15) is 0 Å². The molecule has 1 nitrogen and oxygen atoms in total. The standard InChI is InChI=1S/C26H34N/c1-18-14-25(27(7)17-22(18)16-26(4,5)6)24-15-23(19(2)13-20(24)3)21-11-9-8-10-12-21/h8-11,13-15,17,21H,12,16H2,1-7H3/q+1/i1D3,2D3,8D,9D,10D,11D,12D,16D2. The number of benzene rings is 1. The van der Waals surface area contributed by atoms with E-state index < -0.39 is 62.0 Å². The molecular formula is C26H34N+. The summed E-state index contributed by atoms with van der Waals surface area (Å²) < 4.78 is 109. The highest BCUT2D eigenvalue weighted by atomic mass is 14.9. The van der Waals surface area contributed by atoms with Crippen LogP contribution >= 0.6 is 0 Å². The van der Waals surface area contributed by atoms with Crippen molar-refractivity contribution in [3.63, 3.8) is 0 Å². The second-order valence-electron chi connectivity index (χ2n) is 7.91. The lowest BCUT2D eigenvalue weighted by Crippen LogP contribution is -2.32. The molecule has 0 fully saturated rings. The van der Waals surface area contributed by atoms with Crippen molar-refractivity contribution >= 4 is 0 Å². The van der Waals surface area contributed by atoms with E-state index >= 15 is 0 Å². The minimum Gasteiger partial charge on any atom is -0.201 e. The second-order valence-corrected chi connectivity index (χ2v) is 7.91. The molecule has 1 heteroatoms. The number of allylic oxidation sites excluding steroid dienone is 4. The van der Waals surface area contributed by atoms with E-state index in [-0.39, 0.29) is 22.3 Å². The number of aromatic nitrogens is 1. The summed E-state index contributed by atoms with van der Waals surface area (Å²) >= 11 is 0. The molecule has 1 aromatic carbocycles. The average molecular weight is 374 g/mol. The summed E-state index contributed by atoms with van der Waals surface area (Å²) in [4.78, 5) is 0. The number of hydrogen-bond acceptors (Lipinski definition) is 0. The first-order valence-corrected chi connectivity index (χ1v) is 8.90. The third-order valence-electron chi connectivity index (χ3n) is 4.40. The number of nitrogens with zero attached hydrogens (tertiary/aromatic N) is 1. The van der Waals surface area contributed by atoms with Gasteiger partial charge in [-0.1, -0.05) is 51.0 Å². The fraction of sp³-hybridized carbons (Fsp3) is 0.423. The lowest BCUT2D eigenvalue weighted by molar-refractivity contribution is -0.660. The van der Waals surface area contributed by atoms with Crippen molar-refractivity contribution in [2.75, 3.05) is 0 Å². The van der Waals surface area contributed by atoms with Gasteiger partial charge in [0.2, 0.25) is 5.69 Å². The van der Waals surface area contributed by atoms with Crippen LogP contribution in [-0.2, 0) is 13.4 Å². The average Bonchev–Trinajstić information content (AvgIpc) is 2.80. The Bertz CT molecular complexity index is 1410. The predicted molar refractivity (Wildman–Crippen MR) is 116 cm³/mol. The van der Waals surface area contributed by atoms with Crippen LogP contribution in [0.15, 0.2) is 48.6 Å². The number of aryl methyl sites for hydroxylation is 4. The molecule has 1 aliphatic carbocycles.